The number of hydrogen-bond acceptors (Lipinski definition) is 4. The van der Waals surface area contributed by atoms with E-state index in [-0.39, 0.29) is 11.7 Å². The standard InChI is InChI=1S/C16H13FN2O3/c1-22-16(21)11-2-5-14(18-9-11)19-7-6-10-8-12(17)3-4-13(10)15(19)20/h2-5,8-9H,6-7H2,1H3. The molecule has 22 heavy (non-hydrogen) atoms. The molecule has 1 aliphatic heterocycles. The number of fused-ring (bicyclic) bond motifs is 1. The maximum absolute atomic E-state index is 13.2. The van der Waals surface area contributed by atoms with Gasteiger partial charge < -0.3 is 4.74 Å². The van der Waals surface area contributed by atoms with Gasteiger partial charge in [0.05, 0.1) is 12.7 Å². The molecule has 2 aromatic rings. The molecule has 6 heteroatoms. The van der Waals surface area contributed by atoms with Crippen LogP contribution in [0, 0.1) is 5.82 Å². The van der Waals surface area contributed by atoms with Gasteiger partial charge in [0, 0.05) is 18.3 Å². The van der Waals surface area contributed by atoms with Crippen molar-refractivity contribution in [1.82, 2.24) is 4.98 Å². The summed E-state index contributed by atoms with van der Waals surface area (Å²) in [5.74, 6) is -0.599. The van der Waals surface area contributed by atoms with E-state index in [2.05, 4.69) is 9.72 Å². The Morgan fingerprint density at radius 2 is 2.14 bits per heavy atom. The molecule has 0 radical (unpaired) electrons. The second-order valence-corrected chi connectivity index (χ2v) is 4.90. The van der Waals surface area contributed by atoms with Crippen LogP contribution >= 0.6 is 0 Å². The summed E-state index contributed by atoms with van der Waals surface area (Å²) in [6.07, 6.45) is 1.92. The van der Waals surface area contributed by atoms with Gasteiger partial charge in [-0.3, -0.25) is 9.69 Å². The first kappa shape index (κ1) is 14.2. The number of halogens is 1. The van der Waals surface area contributed by atoms with E-state index < -0.39 is 5.97 Å². The highest BCUT2D eigenvalue weighted by Gasteiger charge is 2.26. The smallest absolute Gasteiger partial charge is 0.339 e. The molecular weight excluding hydrogens is 287 g/mol. The lowest BCUT2D eigenvalue weighted by molar-refractivity contribution is 0.0600. The van der Waals surface area contributed by atoms with Crippen LogP contribution in [0.15, 0.2) is 36.5 Å². The first-order valence-electron chi connectivity index (χ1n) is 6.75. The van der Waals surface area contributed by atoms with Gasteiger partial charge in [-0.15, -0.1) is 0 Å². The van der Waals surface area contributed by atoms with Crippen molar-refractivity contribution in [3.8, 4) is 0 Å². The molecule has 0 saturated carbocycles. The number of rotatable bonds is 2. The zero-order valence-corrected chi connectivity index (χ0v) is 11.9. The summed E-state index contributed by atoms with van der Waals surface area (Å²) in [5.41, 5.74) is 1.50. The monoisotopic (exact) mass is 300 g/mol. The van der Waals surface area contributed by atoms with Crippen LogP contribution in [-0.2, 0) is 11.2 Å². The van der Waals surface area contributed by atoms with Gasteiger partial charge in [-0.2, -0.15) is 0 Å². The number of ether oxygens (including phenoxy) is 1. The Hall–Kier alpha value is -2.76. The van der Waals surface area contributed by atoms with Gasteiger partial charge >= 0.3 is 5.97 Å². The summed E-state index contributed by atoms with van der Waals surface area (Å²) in [6.45, 7) is 0.417. The third kappa shape index (κ3) is 2.43. The van der Waals surface area contributed by atoms with Crippen LogP contribution in [0.25, 0.3) is 0 Å². The predicted molar refractivity (Wildman–Crippen MR) is 77.4 cm³/mol. The van der Waals surface area contributed by atoms with Gasteiger partial charge in [-0.1, -0.05) is 0 Å². The minimum absolute atomic E-state index is 0.223. The molecule has 0 N–H and O–H groups in total. The number of esters is 1. The Morgan fingerprint density at radius 1 is 1.32 bits per heavy atom. The van der Waals surface area contributed by atoms with Crippen molar-refractivity contribution in [2.75, 3.05) is 18.6 Å². The van der Waals surface area contributed by atoms with E-state index in [9.17, 15) is 14.0 Å². The minimum atomic E-state index is -0.482. The van der Waals surface area contributed by atoms with Crippen LogP contribution in [0.1, 0.15) is 26.3 Å². The summed E-state index contributed by atoms with van der Waals surface area (Å²) in [4.78, 5) is 29.5. The van der Waals surface area contributed by atoms with Gasteiger partial charge in [0.25, 0.3) is 5.91 Å². The molecule has 1 aliphatic rings. The van der Waals surface area contributed by atoms with Crippen LogP contribution in [0.5, 0.6) is 0 Å². The van der Waals surface area contributed by atoms with E-state index in [0.717, 1.165) is 0 Å². The molecule has 0 unspecified atom stereocenters. The van der Waals surface area contributed by atoms with Crippen LogP contribution < -0.4 is 4.90 Å². The van der Waals surface area contributed by atoms with E-state index in [0.29, 0.717) is 35.5 Å². The largest absolute Gasteiger partial charge is 0.465 e. The normalized spacial score (nSPS) is 13.7. The van der Waals surface area contributed by atoms with Crippen molar-refractivity contribution in [3.05, 3.63) is 59.0 Å². The number of pyridine rings is 1. The van der Waals surface area contributed by atoms with E-state index in [1.807, 2.05) is 0 Å². The van der Waals surface area contributed by atoms with Gasteiger partial charge in [-0.05, 0) is 42.3 Å². The molecule has 0 saturated heterocycles. The van der Waals surface area contributed by atoms with Gasteiger partial charge in [0.1, 0.15) is 11.6 Å². The van der Waals surface area contributed by atoms with E-state index in [4.69, 9.17) is 0 Å². The zero-order valence-electron chi connectivity index (χ0n) is 11.9. The Morgan fingerprint density at radius 3 is 2.82 bits per heavy atom. The molecule has 1 aromatic carbocycles. The molecule has 0 fully saturated rings. The highest BCUT2D eigenvalue weighted by Crippen LogP contribution is 2.24. The van der Waals surface area contributed by atoms with Crippen molar-refractivity contribution >= 4 is 17.7 Å². The van der Waals surface area contributed by atoms with Crippen molar-refractivity contribution < 1.29 is 18.7 Å². The van der Waals surface area contributed by atoms with Crippen LogP contribution in [-0.4, -0.2) is 30.5 Å². The number of anilines is 1. The third-order valence-electron chi connectivity index (χ3n) is 3.59. The maximum Gasteiger partial charge on any atom is 0.339 e. The number of nitrogens with zero attached hydrogens (tertiary/aromatic N) is 2. The van der Waals surface area contributed by atoms with Gasteiger partial charge in [0.15, 0.2) is 0 Å². The number of hydrogen-bond donors (Lipinski definition) is 0. The molecule has 5 nitrogen and oxygen atoms in total. The summed E-state index contributed by atoms with van der Waals surface area (Å²) in [5, 5.41) is 0. The number of aromatic nitrogens is 1. The molecule has 0 atom stereocenters. The molecule has 1 amide bonds. The van der Waals surface area contributed by atoms with Crippen molar-refractivity contribution in [2.24, 2.45) is 0 Å². The zero-order chi connectivity index (χ0) is 15.7. The second kappa shape index (κ2) is 5.55. The van der Waals surface area contributed by atoms with Gasteiger partial charge in [0.2, 0.25) is 0 Å². The number of carbonyl (C=O) groups is 2. The molecule has 1 aromatic heterocycles. The van der Waals surface area contributed by atoms with Crippen molar-refractivity contribution in [2.45, 2.75) is 6.42 Å². The number of amides is 1. The van der Waals surface area contributed by atoms with Crippen LogP contribution in [0.4, 0.5) is 10.2 Å². The molecule has 0 aliphatic carbocycles. The van der Waals surface area contributed by atoms with E-state index in [1.165, 1.54) is 36.4 Å². The lowest BCUT2D eigenvalue weighted by atomic mass is 9.99. The molecule has 0 spiro atoms. The molecule has 3 rings (SSSR count). The fourth-order valence-corrected chi connectivity index (χ4v) is 2.46. The lowest BCUT2D eigenvalue weighted by Gasteiger charge is -2.27. The Bertz CT molecular complexity index is 744. The topological polar surface area (TPSA) is 59.5 Å². The third-order valence-corrected chi connectivity index (χ3v) is 3.59. The lowest BCUT2D eigenvalue weighted by Crippen LogP contribution is -2.38. The van der Waals surface area contributed by atoms with E-state index in [1.54, 1.807) is 12.1 Å². The highest BCUT2D eigenvalue weighted by molar-refractivity contribution is 6.07. The first-order chi connectivity index (χ1) is 10.6. The molecule has 0 bridgehead atoms. The van der Waals surface area contributed by atoms with Crippen LogP contribution in [0.2, 0.25) is 0 Å². The van der Waals surface area contributed by atoms with Crippen LogP contribution in [0.3, 0.4) is 0 Å². The van der Waals surface area contributed by atoms with Gasteiger partial charge in [-0.25, -0.2) is 14.2 Å². The average molecular weight is 300 g/mol. The molecular formula is C16H13FN2O3. The molecule has 112 valence electrons. The molecule has 2 heterocycles. The second-order valence-electron chi connectivity index (χ2n) is 4.90. The average Bonchev–Trinajstić information content (AvgIpc) is 2.54. The quantitative estimate of drug-likeness (QED) is 0.798. The van der Waals surface area contributed by atoms with E-state index >= 15 is 0 Å². The summed E-state index contributed by atoms with van der Waals surface area (Å²) >= 11 is 0. The predicted octanol–water partition coefficient (Wildman–Crippen LogP) is 2.21. The number of benzene rings is 1. The number of carbonyl (C=O) groups excluding carboxylic acids is 2. The Kier molecular flexibility index (Phi) is 3.58. The highest BCUT2D eigenvalue weighted by atomic mass is 19.1. The SMILES string of the molecule is COC(=O)c1ccc(N2CCc3cc(F)ccc3C2=O)nc1. The maximum atomic E-state index is 13.2. The summed E-state index contributed by atoms with van der Waals surface area (Å²) < 4.78 is 17.8. The Balaban J connectivity index is 1.89. The number of methoxy groups -OCH3 is 1. The Labute approximate surface area is 126 Å². The summed E-state index contributed by atoms with van der Waals surface area (Å²) in [6, 6.07) is 7.30. The van der Waals surface area contributed by atoms with Crippen molar-refractivity contribution in [1.29, 1.82) is 0 Å². The first-order valence-corrected chi connectivity index (χ1v) is 6.75. The fourth-order valence-electron chi connectivity index (χ4n) is 2.46. The fraction of sp³-hybridized carbons (Fsp3) is 0.188. The summed E-state index contributed by atoms with van der Waals surface area (Å²) in [7, 11) is 1.29. The van der Waals surface area contributed by atoms with Crippen molar-refractivity contribution in [3.63, 3.8) is 0 Å². The minimum Gasteiger partial charge on any atom is -0.465 e.